The molecule has 11 heteroatoms. The van der Waals surface area contributed by atoms with Crippen LogP contribution in [-0.4, -0.2) is 75.8 Å². The van der Waals surface area contributed by atoms with Gasteiger partial charge in [-0.05, 0) is 91.1 Å². The molecule has 0 radical (unpaired) electrons. The fourth-order valence-corrected chi connectivity index (χ4v) is 7.47. The molecule has 3 aliphatic rings. The quantitative estimate of drug-likeness (QED) is 0.236. The van der Waals surface area contributed by atoms with Crippen LogP contribution >= 0.6 is 0 Å². The van der Waals surface area contributed by atoms with E-state index in [2.05, 4.69) is 29.3 Å². The van der Waals surface area contributed by atoms with Gasteiger partial charge in [-0.25, -0.2) is 18.4 Å². The van der Waals surface area contributed by atoms with Crippen LogP contribution in [0, 0.1) is 0 Å². The van der Waals surface area contributed by atoms with E-state index in [-0.39, 0.29) is 29.2 Å². The van der Waals surface area contributed by atoms with Crippen molar-refractivity contribution in [2.75, 3.05) is 44.5 Å². The first-order valence-electron chi connectivity index (χ1n) is 15.9. The zero-order chi connectivity index (χ0) is 32.1. The van der Waals surface area contributed by atoms with Crippen LogP contribution in [-0.2, 0) is 30.7 Å². The largest absolute Gasteiger partial charge is 0.491 e. The van der Waals surface area contributed by atoms with E-state index in [1.54, 1.807) is 36.4 Å². The fraction of sp³-hybridized carbons (Fsp3) is 0.400. The molecule has 1 amide bonds. The first kappa shape index (κ1) is 32.2. The molecule has 3 aromatic rings. The Bertz CT molecular complexity index is 1640. The molecule has 6 rings (SSSR count). The fourth-order valence-electron chi connectivity index (χ4n) is 6.01. The first-order chi connectivity index (χ1) is 22.3. The van der Waals surface area contributed by atoms with Crippen molar-refractivity contribution < 1.29 is 32.2 Å². The van der Waals surface area contributed by atoms with Gasteiger partial charge >= 0.3 is 0 Å². The molecule has 10 nitrogen and oxygen atoms in total. The molecule has 2 bridgehead atoms. The van der Waals surface area contributed by atoms with Crippen molar-refractivity contribution in [3.63, 3.8) is 0 Å². The van der Waals surface area contributed by atoms with Crippen molar-refractivity contribution in [3.05, 3.63) is 83.4 Å². The van der Waals surface area contributed by atoms with E-state index in [9.17, 15) is 13.2 Å². The van der Waals surface area contributed by atoms with E-state index in [1.165, 1.54) is 0 Å². The molecular weight excluding hydrogens is 606 g/mol. The van der Waals surface area contributed by atoms with Crippen LogP contribution in [0.1, 0.15) is 43.7 Å². The van der Waals surface area contributed by atoms with Gasteiger partial charge in [-0.15, -0.1) is 0 Å². The summed E-state index contributed by atoms with van der Waals surface area (Å²) in [5, 5.41) is 7.45. The van der Waals surface area contributed by atoms with Crippen LogP contribution in [0.4, 0.5) is 5.69 Å². The van der Waals surface area contributed by atoms with E-state index >= 15 is 0 Å². The Morgan fingerprint density at radius 3 is 2.48 bits per heavy atom. The summed E-state index contributed by atoms with van der Waals surface area (Å²) in [5.74, 6) is 1.24. The molecule has 1 N–H and O–H groups in total. The summed E-state index contributed by atoms with van der Waals surface area (Å²) in [6, 6.07) is 20.3. The maximum absolute atomic E-state index is 13.3. The van der Waals surface area contributed by atoms with Gasteiger partial charge in [0.05, 0.1) is 23.9 Å². The lowest BCUT2D eigenvalue weighted by atomic mass is 9.97. The van der Waals surface area contributed by atoms with Gasteiger partial charge < -0.3 is 24.3 Å². The summed E-state index contributed by atoms with van der Waals surface area (Å²) >= 11 is 0. The molecule has 3 heterocycles. The molecule has 2 fully saturated rings. The minimum atomic E-state index is -3.59. The van der Waals surface area contributed by atoms with Crippen LogP contribution in [0.25, 0.3) is 6.08 Å². The number of nitrogens with zero attached hydrogens (tertiary/aromatic N) is 2. The Morgan fingerprint density at radius 2 is 1.76 bits per heavy atom. The van der Waals surface area contributed by atoms with Gasteiger partial charge in [-0.3, -0.25) is 4.79 Å². The molecular formula is C35H41N3O7S. The summed E-state index contributed by atoms with van der Waals surface area (Å²) in [7, 11) is -1.52. The number of hydrogen-bond acceptors (Lipinski definition) is 9. The number of hydrazine groups is 1. The van der Waals surface area contributed by atoms with E-state index in [1.807, 2.05) is 36.4 Å². The highest BCUT2D eigenvalue weighted by molar-refractivity contribution is 7.91. The predicted octanol–water partition coefficient (Wildman–Crippen LogP) is 5.65. The van der Waals surface area contributed by atoms with E-state index in [0.29, 0.717) is 59.9 Å². The molecule has 2 unspecified atom stereocenters. The molecule has 3 aliphatic heterocycles. The number of amides is 1. The highest BCUT2D eigenvalue weighted by Crippen LogP contribution is 2.35. The smallest absolute Gasteiger partial charge is 0.251 e. The number of anilines is 1. The Hall–Kier alpha value is -3.74. The van der Waals surface area contributed by atoms with Crippen molar-refractivity contribution in [1.82, 2.24) is 10.0 Å². The van der Waals surface area contributed by atoms with Crippen LogP contribution < -0.4 is 14.8 Å². The molecule has 46 heavy (non-hydrogen) atoms. The SMILES string of the molecule is CCCOCCOc1ccc(Oc2ccc3c(c2)C=C(C(=O)Nc2ccc(CN(C)N4C5CCOC4C5)cc2)CCS3(=O)=O)cc1. The monoisotopic (exact) mass is 647 g/mol. The summed E-state index contributed by atoms with van der Waals surface area (Å²) in [5.41, 5.74) is 2.57. The van der Waals surface area contributed by atoms with Gasteiger partial charge in [0.25, 0.3) is 5.91 Å². The third-order valence-electron chi connectivity index (χ3n) is 8.40. The summed E-state index contributed by atoms with van der Waals surface area (Å²) in [4.78, 5) is 13.5. The molecule has 244 valence electrons. The van der Waals surface area contributed by atoms with Gasteiger partial charge in [0.15, 0.2) is 9.84 Å². The summed E-state index contributed by atoms with van der Waals surface area (Å²) in [6.45, 7) is 5.32. The van der Waals surface area contributed by atoms with Gasteiger partial charge in [-0.2, -0.15) is 0 Å². The summed E-state index contributed by atoms with van der Waals surface area (Å²) < 4.78 is 49.2. The van der Waals surface area contributed by atoms with Crippen molar-refractivity contribution >= 4 is 27.5 Å². The van der Waals surface area contributed by atoms with E-state index < -0.39 is 9.84 Å². The standard InChI is InChI=1S/C35H41N3O7S/c1-3-16-42-18-19-43-30-8-10-31(11-9-30)45-32-12-13-33-27(22-32)21-26(15-20-46(33,40)41)35(39)36-28-6-4-25(5-7-28)24-37(2)38-29-14-17-44-34(38)23-29/h4-13,21-22,29,34H,3,14-20,23-24H2,1-2H3,(H,36,39). The zero-order valence-corrected chi connectivity index (χ0v) is 27.1. The van der Waals surface area contributed by atoms with Gasteiger partial charge in [0.2, 0.25) is 0 Å². The van der Waals surface area contributed by atoms with Gasteiger partial charge in [0.1, 0.15) is 30.1 Å². The highest BCUT2D eigenvalue weighted by Gasteiger charge is 2.44. The van der Waals surface area contributed by atoms with Crippen molar-refractivity contribution in [1.29, 1.82) is 0 Å². The number of hydrogen-bond donors (Lipinski definition) is 1. The average molecular weight is 648 g/mol. The molecule has 3 aromatic carbocycles. The second kappa shape index (κ2) is 14.4. The first-order valence-corrected chi connectivity index (χ1v) is 17.5. The van der Waals surface area contributed by atoms with Crippen LogP contribution in [0.2, 0.25) is 0 Å². The molecule has 0 aliphatic carbocycles. The Morgan fingerprint density at radius 1 is 1.00 bits per heavy atom. The lowest BCUT2D eigenvalue weighted by Gasteiger charge is -2.55. The van der Waals surface area contributed by atoms with Crippen molar-refractivity contribution in [2.24, 2.45) is 0 Å². The number of ether oxygens (including phenoxy) is 4. The second-order valence-electron chi connectivity index (χ2n) is 11.8. The number of benzene rings is 3. The third kappa shape index (κ3) is 7.62. The average Bonchev–Trinajstić information content (AvgIpc) is 3.18. The normalized spacial score (nSPS) is 20.2. The van der Waals surface area contributed by atoms with Crippen LogP contribution in [0.5, 0.6) is 17.2 Å². The number of sulfone groups is 1. The number of carbonyl (C=O) groups excluding carboxylic acids is 1. The third-order valence-corrected chi connectivity index (χ3v) is 10.2. The van der Waals surface area contributed by atoms with E-state index in [0.717, 1.165) is 38.0 Å². The zero-order valence-electron chi connectivity index (χ0n) is 26.3. The topological polar surface area (TPSA) is 107 Å². The van der Waals surface area contributed by atoms with Crippen molar-refractivity contribution in [2.45, 2.75) is 56.3 Å². The lowest BCUT2D eigenvalue weighted by Crippen LogP contribution is -2.66. The number of fused-ring (bicyclic) bond motifs is 3. The Kier molecular flexibility index (Phi) is 10.1. The molecule has 0 saturated carbocycles. The summed E-state index contributed by atoms with van der Waals surface area (Å²) in [6.07, 6.45) is 5.04. The lowest BCUT2D eigenvalue weighted by molar-refractivity contribution is -0.285. The maximum atomic E-state index is 13.3. The minimum Gasteiger partial charge on any atom is -0.491 e. The second-order valence-corrected chi connectivity index (χ2v) is 13.9. The van der Waals surface area contributed by atoms with Crippen LogP contribution in [0.15, 0.2) is 77.2 Å². The minimum absolute atomic E-state index is 0.104. The predicted molar refractivity (Wildman–Crippen MR) is 175 cm³/mol. The number of rotatable bonds is 13. The van der Waals surface area contributed by atoms with Gasteiger partial charge in [-0.1, -0.05) is 19.1 Å². The number of carbonyl (C=O) groups is 1. The van der Waals surface area contributed by atoms with Crippen molar-refractivity contribution in [3.8, 4) is 17.2 Å². The molecule has 2 saturated heterocycles. The molecule has 0 spiro atoms. The molecule has 2 atom stereocenters. The van der Waals surface area contributed by atoms with Crippen LogP contribution in [0.3, 0.4) is 0 Å². The number of nitrogens with one attached hydrogen (secondary N) is 1. The molecule has 0 aromatic heterocycles. The van der Waals surface area contributed by atoms with E-state index in [4.69, 9.17) is 18.9 Å². The maximum Gasteiger partial charge on any atom is 0.251 e. The Balaban J connectivity index is 1.09. The van der Waals surface area contributed by atoms with Gasteiger partial charge in [0, 0.05) is 43.9 Å². The Labute approximate surface area is 270 Å². The highest BCUT2D eigenvalue weighted by atomic mass is 32.2.